The first kappa shape index (κ1) is 17.0. The van der Waals surface area contributed by atoms with Crippen LogP contribution in [-0.4, -0.2) is 17.9 Å². The Hall–Kier alpha value is -2.05. The Morgan fingerprint density at radius 1 is 1.24 bits per heavy atom. The second-order valence-electron chi connectivity index (χ2n) is 4.68. The summed E-state index contributed by atoms with van der Waals surface area (Å²) >= 11 is 0. The summed E-state index contributed by atoms with van der Waals surface area (Å²) < 4.78 is 37.6. The van der Waals surface area contributed by atoms with Crippen LogP contribution in [0.15, 0.2) is 24.3 Å². The summed E-state index contributed by atoms with van der Waals surface area (Å²) in [5.41, 5.74) is -0.851. The summed E-state index contributed by atoms with van der Waals surface area (Å²) in [6.07, 6.45) is -4.18. The molecule has 0 aromatic heterocycles. The standard InChI is InChI=1S/C14H17F3N2O2/c1-3-9(2)18-12(20)8-13(21)19-11-6-4-5-10(7-11)14(15,16)17/h4-7,9H,3,8H2,1-2H3,(H,18,20)(H,19,21). The van der Waals surface area contributed by atoms with Crippen molar-refractivity contribution < 1.29 is 22.8 Å². The lowest BCUT2D eigenvalue weighted by molar-refractivity contribution is -0.137. The summed E-state index contributed by atoms with van der Waals surface area (Å²) in [5.74, 6) is -1.12. The number of rotatable bonds is 5. The first-order valence-electron chi connectivity index (χ1n) is 6.49. The van der Waals surface area contributed by atoms with Gasteiger partial charge in [0.25, 0.3) is 0 Å². The van der Waals surface area contributed by atoms with E-state index in [1.54, 1.807) is 6.92 Å². The van der Waals surface area contributed by atoms with Crippen molar-refractivity contribution in [2.45, 2.75) is 38.9 Å². The first-order valence-corrected chi connectivity index (χ1v) is 6.49. The van der Waals surface area contributed by atoms with Crippen LogP contribution < -0.4 is 10.6 Å². The number of alkyl halides is 3. The summed E-state index contributed by atoms with van der Waals surface area (Å²) in [6, 6.07) is 4.20. The molecule has 0 spiro atoms. The molecule has 0 saturated heterocycles. The van der Waals surface area contributed by atoms with Crippen molar-refractivity contribution in [1.29, 1.82) is 0 Å². The molecule has 2 amide bonds. The SMILES string of the molecule is CCC(C)NC(=O)CC(=O)Nc1cccc(C(F)(F)F)c1. The highest BCUT2D eigenvalue weighted by molar-refractivity contribution is 6.03. The van der Waals surface area contributed by atoms with Gasteiger partial charge in [-0.2, -0.15) is 13.2 Å². The van der Waals surface area contributed by atoms with Gasteiger partial charge in [-0.1, -0.05) is 13.0 Å². The van der Waals surface area contributed by atoms with Crippen molar-refractivity contribution in [2.24, 2.45) is 0 Å². The molecule has 2 N–H and O–H groups in total. The van der Waals surface area contributed by atoms with E-state index in [-0.39, 0.29) is 11.7 Å². The van der Waals surface area contributed by atoms with Crippen molar-refractivity contribution in [2.75, 3.05) is 5.32 Å². The summed E-state index contributed by atoms with van der Waals surface area (Å²) in [4.78, 5) is 23.1. The molecule has 7 heteroatoms. The number of anilines is 1. The number of carbonyl (C=O) groups is 2. The third-order valence-corrected chi connectivity index (χ3v) is 2.81. The van der Waals surface area contributed by atoms with E-state index in [1.165, 1.54) is 12.1 Å². The molecule has 0 saturated carbocycles. The van der Waals surface area contributed by atoms with Gasteiger partial charge in [-0.3, -0.25) is 9.59 Å². The minimum atomic E-state index is -4.48. The molecular weight excluding hydrogens is 285 g/mol. The monoisotopic (exact) mass is 302 g/mol. The molecule has 0 aliphatic rings. The van der Waals surface area contributed by atoms with Gasteiger partial charge >= 0.3 is 6.18 Å². The molecule has 0 fully saturated rings. The highest BCUT2D eigenvalue weighted by atomic mass is 19.4. The zero-order valence-electron chi connectivity index (χ0n) is 11.8. The molecule has 0 heterocycles. The molecule has 116 valence electrons. The Labute approximate surface area is 120 Å². The number of hydrogen-bond donors (Lipinski definition) is 2. The number of carbonyl (C=O) groups excluding carboxylic acids is 2. The van der Waals surface area contributed by atoms with Crippen molar-refractivity contribution in [3.63, 3.8) is 0 Å². The lowest BCUT2D eigenvalue weighted by Gasteiger charge is -2.12. The van der Waals surface area contributed by atoms with Gasteiger partial charge in [0.1, 0.15) is 6.42 Å². The number of amides is 2. The minimum absolute atomic E-state index is 0.00571. The predicted octanol–water partition coefficient (Wildman–Crippen LogP) is 2.95. The maximum absolute atomic E-state index is 12.5. The Morgan fingerprint density at radius 2 is 1.90 bits per heavy atom. The minimum Gasteiger partial charge on any atom is -0.353 e. The van der Waals surface area contributed by atoms with Gasteiger partial charge in [0.2, 0.25) is 11.8 Å². The van der Waals surface area contributed by atoms with Crippen LogP contribution in [0, 0.1) is 0 Å². The van der Waals surface area contributed by atoms with Crippen molar-refractivity contribution in [1.82, 2.24) is 5.32 Å². The number of hydrogen-bond acceptors (Lipinski definition) is 2. The topological polar surface area (TPSA) is 58.2 Å². The molecular formula is C14H17F3N2O2. The van der Waals surface area contributed by atoms with Gasteiger partial charge in [0.15, 0.2) is 0 Å². The van der Waals surface area contributed by atoms with Crippen molar-refractivity contribution in [3.8, 4) is 0 Å². The fourth-order valence-corrected chi connectivity index (χ4v) is 1.55. The van der Waals surface area contributed by atoms with Crippen LogP contribution in [0.5, 0.6) is 0 Å². The normalized spacial score (nSPS) is 12.6. The van der Waals surface area contributed by atoms with Crippen LogP contribution >= 0.6 is 0 Å². The molecule has 4 nitrogen and oxygen atoms in total. The maximum Gasteiger partial charge on any atom is 0.416 e. The summed E-state index contributed by atoms with van der Waals surface area (Å²) in [7, 11) is 0. The van der Waals surface area contributed by atoms with Gasteiger partial charge in [-0.05, 0) is 31.5 Å². The fraction of sp³-hybridized carbons (Fsp3) is 0.429. The van der Waals surface area contributed by atoms with Gasteiger partial charge in [-0.25, -0.2) is 0 Å². The average Bonchev–Trinajstić information content (AvgIpc) is 2.37. The summed E-state index contributed by atoms with van der Waals surface area (Å²) in [5, 5.41) is 4.88. The van der Waals surface area contributed by atoms with E-state index >= 15 is 0 Å². The average molecular weight is 302 g/mol. The highest BCUT2D eigenvalue weighted by Gasteiger charge is 2.30. The van der Waals surface area contributed by atoms with E-state index in [0.29, 0.717) is 0 Å². The molecule has 1 aromatic carbocycles. The van der Waals surface area contributed by atoms with E-state index in [9.17, 15) is 22.8 Å². The first-order chi connectivity index (χ1) is 9.72. The number of halogens is 3. The van der Waals surface area contributed by atoms with E-state index in [2.05, 4.69) is 10.6 Å². The van der Waals surface area contributed by atoms with Crippen LogP contribution in [0.2, 0.25) is 0 Å². The Balaban J connectivity index is 2.61. The molecule has 1 aromatic rings. The fourth-order valence-electron chi connectivity index (χ4n) is 1.55. The second kappa shape index (κ2) is 7.10. The van der Waals surface area contributed by atoms with Gasteiger partial charge in [0, 0.05) is 11.7 Å². The largest absolute Gasteiger partial charge is 0.416 e. The molecule has 1 atom stereocenters. The van der Waals surface area contributed by atoms with Crippen LogP contribution in [0.3, 0.4) is 0 Å². The van der Waals surface area contributed by atoms with Crippen LogP contribution in [0.4, 0.5) is 18.9 Å². The summed E-state index contributed by atoms with van der Waals surface area (Å²) in [6.45, 7) is 3.68. The molecule has 21 heavy (non-hydrogen) atoms. The zero-order chi connectivity index (χ0) is 16.0. The lowest BCUT2D eigenvalue weighted by atomic mass is 10.2. The Kier molecular flexibility index (Phi) is 5.75. The molecule has 1 rings (SSSR count). The van der Waals surface area contributed by atoms with E-state index in [1.807, 2.05) is 6.92 Å². The predicted molar refractivity (Wildman–Crippen MR) is 72.6 cm³/mol. The van der Waals surface area contributed by atoms with E-state index < -0.39 is 30.0 Å². The quantitative estimate of drug-likeness (QED) is 0.822. The van der Waals surface area contributed by atoms with Gasteiger partial charge < -0.3 is 10.6 Å². The smallest absolute Gasteiger partial charge is 0.353 e. The van der Waals surface area contributed by atoms with E-state index in [4.69, 9.17) is 0 Å². The maximum atomic E-state index is 12.5. The molecule has 1 unspecified atom stereocenters. The molecule has 0 radical (unpaired) electrons. The molecule has 0 aliphatic heterocycles. The molecule has 0 aliphatic carbocycles. The van der Waals surface area contributed by atoms with Crippen LogP contribution in [0.25, 0.3) is 0 Å². The van der Waals surface area contributed by atoms with Gasteiger partial charge in [0.05, 0.1) is 5.56 Å². The zero-order valence-corrected chi connectivity index (χ0v) is 11.8. The number of nitrogens with one attached hydrogen (secondary N) is 2. The highest BCUT2D eigenvalue weighted by Crippen LogP contribution is 2.30. The van der Waals surface area contributed by atoms with Crippen molar-refractivity contribution >= 4 is 17.5 Å². The van der Waals surface area contributed by atoms with E-state index in [0.717, 1.165) is 18.6 Å². The Bertz CT molecular complexity index is 515. The number of benzene rings is 1. The second-order valence-corrected chi connectivity index (χ2v) is 4.68. The van der Waals surface area contributed by atoms with Crippen molar-refractivity contribution in [3.05, 3.63) is 29.8 Å². The Morgan fingerprint density at radius 3 is 2.48 bits per heavy atom. The lowest BCUT2D eigenvalue weighted by Crippen LogP contribution is -2.34. The third kappa shape index (κ3) is 5.85. The van der Waals surface area contributed by atoms with Crippen LogP contribution in [0.1, 0.15) is 32.3 Å². The van der Waals surface area contributed by atoms with Gasteiger partial charge in [-0.15, -0.1) is 0 Å². The molecule has 0 bridgehead atoms. The third-order valence-electron chi connectivity index (χ3n) is 2.81. The van der Waals surface area contributed by atoms with Crippen LogP contribution in [-0.2, 0) is 15.8 Å².